The molecule has 2 amide bonds. The van der Waals surface area contributed by atoms with E-state index in [2.05, 4.69) is 5.32 Å². The van der Waals surface area contributed by atoms with Crippen LogP contribution < -0.4 is 10.9 Å². The second kappa shape index (κ2) is 11.3. The molecule has 1 unspecified atom stereocenters. The van der Waals surface area contributed by atoms with E-state index in [1.165, 1.54) is 28.8 Å². The Kier molecular flexibility index (Phi) is 7.97. The van der Waals surface area contributed by atoms with E-state index >= 15 is 0 Å². The zero-order valence-corrected chi connectivity index (χ0v) is 20.7. The number of nitrogens with zero attached hydrogens (tertiary/aromatic N) is 3. The predicted octanol–water partition coefficient (Wildman–Crippen LogP) is 5.81. The van der Waals surface area contributed by atoms with Gasteiger partial charge in [-0.25, -0.2) is 14.2 Å². The summed E-state index contributed by atoms with van der Waals surface area (Å²) in [5, 5.41) is 3.87. The van der Waals surface area contributed by atoms with Crippen molar-refractivity contribution in [2.45, 2.75) is 19.4 Å². The number of fused-ring (bicyclic) bond motifs is 1. The van der Waals surface area contributed by atoms with Gasteiger partial charge >= 0.3 is 6.03 Å². The molecule has 0 fully saturated rings. The Labute approximate surface area is 213 Å². The Balaban J connectivity index is 1.85. The summed E-state index contributed by atoms with van der Waals surface area (Å²) in [6.07, 6.45) is 0.462. The van der Waals surface area contributed by atoms with Gasteiger partial charge in [0.1, 0.15) is 11.6 Å². The molecule has 0 radical (unpaired) electrons. The van der Waals surface area contributed by atoms with Gasteiger partial charge < -0.3 is 15.0 Å². The van der Waals surface area contributed by atoms with Crippen LogP contribution in [0.5, 0.6) is 0 Å². The molecule has 7 nitrogen and oxygen atoms in total. The number of ether oxygens (including phenoxy) is 1. The van der Waals surface area contributed by atoms with Crippen LogP contribution in [0.4, 0.5) is 14.9 Å². The first-order valence-electron chi connectivity index (χ1n) is 11.5. The van der Waals surface area contributed by atoms with Gasteiger partial charge in [-0.1, -0.05) is 30.7 Å². The monoisotopic (exact) mass is 508 g/mol. The smallest absolute Gasteiger partial charge is 0.322 e. The zero-order valence-electron chi connectivity index (χ0n) is 19.9. The third-order valence-corrected chi connectivity index (χ3v) is 6.09. The van der Waals surface area contributed by atoms with Crippen LogP contribution in [0.3, 0.4) is 0 Å². The SMILES string of the molecule is CCC(c1nc2ccccc2c(=O)n1-c1ccc(F)cc1)N(CCOC)C(=O)Nc1ccc(Cl)cc1. The number of aromatic nitrogens is 2. The molecule has 0 aliphatic carbocycles. The quantitative estimate of drug-likeness (QED) is 0.326. The summed E-state index contributed by atoms with van der Waals surface area (Å²) in [6, 6.07) is 18.5. The molecule has 0 aliphatic rings. The summed E-state index contributed by atoms with van der Waals surface area (Å²) in [7, 11) is 1.55. The van der Waals surface area contributed by atoms with Crippen molar-refractivity contribution in [1.29, 1.82) is 0 Å². The number of amides is 2. The fourth-order valence-electron chi connectivity index (χ4n) is 4.07. The largest absolute Gasteiger partial charge is 0.383 e. The van der Waals surface area contributed by atoms with E-state index in [9.17, 15) is 14.0 Å². The number of nitrogens with one attached hydrogen (secondary N) is 1. The number of anilines is 1. The van der Waals surface area contributed by atoms with Crippen LogP contribution in [0.25, 0.3) is 16.6 Å². The lowest BCUT2D eigenvalue weighted by atomic mass is 10.1. The van der Waals surface area contributed by atoms with Gasteiger partial charge in [0.25, 0.3) is 5.56 Å². The maximum atomic E-state index is 13.7. The molecule has 36 heavy (non-hydrogen) atoms. The maximum absolute atomic E-state index is 13.7. The number of hydrogen-bond acceptors (Lipinski definition) is 4. The molecule has 1 atom stereocenters. The summed E-state index contributed by atoms with van der Waals surface area (Å²) in [5.74, 6) is -0.0478. The third kappa shape index (κ3) is 5.40. The topological polar surface area (TPSA) is 76.5 Å². The molecular weight excluding hydrogens is 483 g/mol. The highest BCUT2D eigenvalue weighted by molar-refractivity contribution is 6.30. The average Bonchev–Trinajstić information content (AvgIpc) is 2.88. The van der Waals surface area contributed by atoms with Crippen LogP contribution in [0.1, 0.15) is 25.2 Å². The van der Waals surface area contributed by atoms with Crippen molar-refractivity contribution < 1.29 is 13.9 Å². The molecule has 1 heterocycles. The first-order chi connectivity index (χ1) is 17.4. The first-order valence-corrected chi connectivity index (χ1v) is 11.9. The first kappa shape index (κ1) is 25.3. The Hall–Kier alpha value is -3.75. The Morgan fingerprint density at radius 1 is 1.11 bits per heavy atom. The van der Waals surface area contributed by atoms with Gasteiger partial charge in [-0.15, -0.1) is 0 Å². The number of hydrogen-bond donors (Lipinski definition) is 1. The summed E-state index contributed by atoms with van der Waals surface area (Å²) < 4.78 is 20.4. The number of rotatable bonds is 8. The standard InChI is InChI=1S/C27H26ClFN4O3/c1-3-24(32(16-17-36-2)27(35)30-20-12-8-18(28)9-13-20)25-31-23-7-5-4-6-22(23)26(34)33(25)21-14-10-19(29)11-15-21/h4-15,24H,3,16-17H2,1-2H3,(H,30,35). The fourth-order valence-corrected chi connectivity index (χ4v) is 4.20. The summed E-state index contributed by atoms with van der Waals surface area (Å²) in [5.41, 5.74) is 1.24. The lowest BCUT2D eigenvalue weighted by Gasteiger charge is -2.32. The van der Waals surface area contributed by atoms with Gasteiger partial charge in [-0.2, -0.15) is 0 Å². The second-order valence-electron chi connectivity index (χ2n) is 8.15. The molecule has 1 N–H and O–H groups in total. The fraction of sp³-hybridized carbons (Fsp3) is 0.222. The minimum Gasteiger partial charge on any atom is -0.383 e. The lowest BCUT2D eigenvalue weighted by Crippen LogP contribution is -2.42. The van der Waals surface area contributed by atoms with E-state index in [0.717, 1.165) is 0 Å². The van der Waals surface area contributed by atoms with E-state index in [4.69, 9.17) is 21.3 Å². The van der Waals surface area contributed by atoms with E-state index in [1.54, 1.807) is 60.5 Å². The molecule has 4 aromatic rings. The van der Waals surface area contributed by atoms with Crippen molar-refractivity contribution in [3.63, 3.8) is 0 Å². The van der Waals surface area contributed by atoms with Gasteiger partial charge in [0.2, 0.25) is 0 Å². The van der Waals surface area contributed by atoms with Crippen molar-refractivity contribution in [2.75, 3.05) is 25.6 Å². The van der Waals surface area contributed by atoms with Gasteiger partial charge in [0.05, 0.1) is 29.2 Å². The van der Waals surface area contributed by atoms with Crippen LogP contribution in [-0.4, -0.2) is 40.7 Å². The number of para-hydroxylation sites is 1. The van der Waals surface area contributed by atoms with Crippen LogP contribution in [0.15, 0.2) is 77.6 Å². The van der Waals surface area contributed by atoms with Gasteiger partial charge in [-0.05, 0) is 67.1 Å². The van der Waals surface area contributed by atoms with Crippen LogP contribution in [0.2, 0.25) is 5.02 Å². The maximum Gasteiger partial charge on any atom is 0.322 e. The molecule has 3 aromatic carbocycles. The predicted molar refractivity (Wildman–Crippen MR) is 139 cm³/mol. The summed E-state index contributed by atoms with van der Waals surface area (Å²) >= 11 is 5.98. The molecule has 186 valence electrons. The Morgan fingerprint density at radius 2 is 1.81 bits per heavy atom. The molecule has 0 bridgehead atoms. The summed E-state index contributed by atoms with van der Waals surface area (Å²) in [6.45, 7) is 2.44. The molecule has 0 saturated heterocycles. The van der Waals surface area contributed by atoms with E-state index in [0.29, 0.717) is 39.5 Å². The second-order valence-corrected chi connectivity index (χ2v) is 8.59. The van der Waals surface area contributed by atoms with Crippen LogP contribution >= 0.6 is 11.6 Å². The zero-order chi connectivity index (χ0) is 25.7. The number of methoxy groups -OCH3 is 1. The molecule has 4 rings (SSSR count). The number of benzene rings is 3. The van der Waals surface area contributed by atoms with Gasteiger partial charge in [0, 0.05) is 24.4 Å². The van der Waals surface area contributed by atoms with E-state index in [-0.39, 0.29) is 24.7 Å². The minimum atomic E-state index is -0.588. The molecule has 0 aliphatic heterocycles. The summed E-state index contributed by atoms with van der Waals surface area (Å²) in [4.78, 5) is 33.6. The number of urea groups is 1. The number of carbonyl (C=O) groups excluding carboxylic acids is 1. The van der Waals surface area contributed by atoms with Gasteiger partial charge in [0.15, 0.2) is 0 Å². The highest BCUT2D eigenvalue weighted by Crippen LogP contribution is 2.27. The number of halogens is 2. The van der Waals surface area contributed by atoms with Crippen LogP contribution in [-0.2, 0) is 4.74 Å². The minimum absolute atomic E-state index is 0.251. The molecule has 0 saturated carbocycles. The Morgan fingerprint density at radius 3 is 2.47 bits per heavy atom. The molecule has 1 aromatic heterocycles. The number of carbonyl (C=O) groups is 1. The highest BCUT2D eigenvalue weighted by atomic mass is 35.5. The van der Waals surface area contributed by atoms with Crippen molar-refractivity contribution in [2.24, 2.45) is 0 Å². The average molecular weight is 509 g/mol. The van der Waals surface area contributed by atoms with Gasteiger partial charge in [-0.3, -0.25) is 9.36 Å². The Bertz CT molecular complexity index is 1410. The highest BCUT2D eigenvalue weighted by Gasteiger charge is 2.29. The van der Waals surface area contributed by atoms with Crippen molar-refractivity contribution in [3.8, 4) is 5.69 Å². The molecule has 0 spiro atoms. The lowest BCUT2D eigenvalue weighted by molar-refractivity contribution is 0.131. The molecular formula is C27H26ClFN4O3. The normalized spacial score (nSPS) is 11.9. The third-order valence-electron chi connectivity index (χ3n) is 5.84. The van der Waals surface area contributed by atoms with Crippen molar-refractivity contribution in [1.82, 2.24) is 14.5 Å². The van der Waals surface area contributed by atoms with E-state index < -0.39 is 11.9 Å². The van der Waals surface area contributed by atoms with Crippen molar-refractivity contribution >= 4 is 34.2 Å². The van der Waals surface area contributed by atoms with Crippen molar-refractivity contribution in [3.05, 3.63) is 99.8 Å². The molecule has 9 heteroatoms. The van der Waals surface area contributed by atoms with Crippen LogP contribution in [0, 0.1) is 5.82 Å². The van der Waals surface area contributed by atoms with E-state index in [1.807, 2.05) is 6.92 Å².